The summed E-state index contributed by atoms with van der Waals surface area (Å²) in [5, 5.41) is 2.96. The van der Waals surface area contributed by atoms with Crippen LogP contribution in [0, 0.1) is 5.82 Å². The van der Waals surface area contributed by atoms with Gasteiger partial charge in [0.1, 0.15) is 5.82 Å². The first-order chi connectivity index (χ1) is 6.59. The van der Waals surface area contributed by atoms with E-state index in [0.29, 0.717) is 17.9 Å². The van der Waals surface area contributed by atoms with Crippen LogP contribution in [0.5, 0.6) is 0 Å². The van der Waals surface area contributed by atoms with Gasteiger partial charge in [-0.15, -0.1) is 0 Å². The molecule has 0 aliphatic heterocycles. The maximum atomic E-state index is 13.2. The van der Waals surface area contributed by atoms with Gasteiger partial charge in [-0.05, 0) is 32.0 Å². The average Bonchev–Trinajstić information content (AvgIpc) is 2.08. The minimum Gasteiger partial charge on any atom is -0.399 e. The quantitative estimate of drug-likeness (QED) is 0.573. The molecule has 0 radical (unpaired) electrons. The number of nitrogen functional groups attached to an aromatic ring is 1. The molecular formula is C11H15FN2. The number of anilines is 2. The normalized spacial score (nSPS) is 9.64. The monoisotopic (exact) mass is 194 g/mol. The molecule has 0 saturated carbocycles. The van der Waals surface area contributed by atoms with E-state index in [4.69, 9.17) is 5.73 Å². The molecule has 0 aliphatic rings. The van der Waals surface area contributed by atoms with E-state index in [0.717, 1.165) is 0 Å². The van der Waals surface area contributed by atoms with E-state index < -0.39 is 0 Å². The lowest BCUT2D eigenvalue weighted by Crippen LogP contribution is -2.01. The summed E-state index contributed by atoms with van der Waals surface area (Å²) in [5.74, 6) is -0.313. The van der Waals surface area contributed by atoms with Crippen molar-refractivity contribution in [2.24, 2.45) is 0 Å². The molecule has 0 aliphatic carbocycles. The number of nitrogens with one attached hydrogen (secondary N) is 1. The SMILES string of the molecule is CC(C)=CCNc1ccc(N)cc1F. The van der Waals surface area contributed by atoms with Crippen LogP contribution in [-0.2, 0) is 0 Å². The highest BCUT2D eigenvalue weighted by atomic mass is 19.1. The molecule has 0 heterocycles. The molecule has 3 N–H and O–H groups in total. The van der Waals surface area contributed by atoms with Crippen LogP contribution >= 0.6 is 0 Å². The Bertz CT molecular complexity index is 341. The van der Waals surface area contributed by atoms with Gasteiger partial charge in [0.15, 0.2) is 0 Å². The maximum Gasteiger partial charge on any atom is 0.148 e. The highest BCUT2D eigenvalue weighted by Gasteiger charge is 1.99. The summed E-state index contributed by atoms with van der Waals surface area (Å²) in [4.78, 5) is 0. The molecule has 14 heavy (non-hydrogen) atoms. The first-order valence-electron chi connectivity index (χ1n) is 4.52. The van der Waals surface area contributed by atoms with Crippen molar-refractivity contribution in [1.82, 2.24) is 0 Å². The lowest BCUT2D eigenvalue weighted by atomic mass is 10.2. The Labute approximate surface area is 83.6 Å². The van der Waals surface area contributed by atoms with E-state index in [1.807, 2.05) is 19.9 Å². The molecule has 0 unspecified atom stereocenters. The minimum atomic E-state index is -0.313. The smallest absolute Gasteiger partial charge is 0.148 e. The minimum absolute atomic E-state index is 0.313. The molecule has 0 atom stereocenters. The predicted molar refractivity (Wildman–Crippen MR) is 58.7 cm³/mol. The lowest BCUT2D eigenvalue weighted by molar-refractivity contribution is 0.631. The molecule has 0 spiro atoms. The number of rotatable bonds is 3. The van der Waals surface area contributed by atoms with Crippen LogP contribution in [0.2, 0.25) is 0 Å². The number of halogens is 1. The summed E-state index contributed by atoms with van der Waals surface area (Å²) in [6.07, 6.45) is 2.00. The molecule has 1 aromatic carbocycles. The van der Waals surface area contributed by atoms with Crippen molar-refractivity contribution in [2.75, 3.05) is 17.6 Å². The Morgan fingerprint density at radius 1 is 1.50 bits per heavy atom. The highest BCUT2D eigenvalue weighted by molar-refractivity contribution is 5.52. The molecule has 3 heteroatoms. The Hall–Kier alpha value is -1.51. The largest absolute Gasteiger partial charge is 0.399 e. The van der Waals surface area contributed by atoms with E-state index in [1.54, 1.807) is 12.1 Å². The summed E-state index contributed by atoms with van der Waals surface area (Å²) in [5.41, 5.74) is 7.55. The zero-order chi connectivity index (χ0) is 10.6. The number of hydrogen-bond acceptors (Lipinski definition) is 2. The Balaban J connectivity index is 2.64. The molecule has 1 rings (SSSR count). The number of nitrogens with two attached hydrogens (primary N) is 1. The van der Waals surface area contributed by atoms with Gasteiger partial charge in [-0.3, -0.25) is 0 Å². The highest BCUT2D eigenvalue weighted by Crippen LogP contribution is 2.16. The Morgan fingerprint density at radius 2 is 2.21 bits per heavy atom. The molecule has 1 aromatic rings. The summed E-state index contributed by atoms with van der Waals surface area (Å²) >= 11 is 0. The molecule has 0 bridgehead atoms. The van der Waals surface area contributed by atoms with Crippen LogP contribution in [-0.4, -0.2) is 6.54 Å². The molecule has 0 aromatic heterocycles. The molecule has 76 valence electrons. The first-order valence-corrected chi connectivity index (χ1v) is 4.52. The molecule has 0 fully saturated rings. The van der Waals surface area contributed by atoms with E-state index in [9.17, 15) is 4.39 Å². The summed E-state index contributed by atoms with van der Waals surface area (Å²) in [7, 11) is 0. The standard InChI is InChI=1S/C11H15FN2/c1-8(2)5-6-14-11-4-3-9(13)7-10(11)12/h3-5,7,14H,6,13H2,1-2H3. The van der Waals surface area contributed by atoms with E-state index in [2.05, 4.69) is 5.32 Å². The summed E-state index contributed by atoms with van der Waals surface area (Å²) in [6.45, 7) is 4.63. The fourth-order valence-corrected chi connectivity index (χ4v) is 1.04. The topological polar surface area (TPSA) is 38.0 Å². The van der Waals surface area contributed by atoms with Crippen molar-refractivity contribution in [3.05, 3.63) is 35.7 Å². The Kier molecular flexibility index (Phi) is 3.51. The van der Waals surface area contributed by atoms with Gasteiger partial charge in [0.05, 0.1) is 5.69 Å². The zero-order valence-electron chi connectivity index (χ0n) is 8.47. The number of benzene rings is 1. The van der Waals surface area contributed by atoms with Crippen LogP contribution in [0.4, 0.5) is 15.8 Å². The third-order valence-electron chi connectivity index (χ3n) is 1.80. The molecule has 0 amide bonds. The van der Waals surface area contributed by atoms with Gasteiger partial charge >= 0.3 is 0 Å². The number of hydrogen-bond donors (Lipinski definition) is 2. The van der Waals surface area contributed by atoms with Crippen LogP contribution in [0.25, 0.3) is 0 Å². The molecular weight excluding hydrogens is 179 g/mol. The van der Waals surface area contributed by atoms with Crippen molar-refractivity contribution < 1.29 is 4.39 Å². The second-order valence-electron chi connectivity index (χ2n) is 3.40. The van der Waals surface area contributed by atoms with Gasteiger partial charge in [-0.2, -0.15) is 0 Å². The van der Waals surface area contributed by atoms with Crippen LogP contribution in [0.1, 0.15) is 13.8 Å². The van der Waals surface area contributed by atoms with Gasteiger partial charge in [0, 0.05) is 12.2 Å². The second kappa shape index (κ2) is 4.65. The van der Waals surface area contributed by atoms with Crippen molar-refractivity contribution in [1.29, 1.82) is 0 Å². The fourth-order valence-electron chi connectivity index (χ4n) is 1.04. The van der Waals surface area contributed by atoms with Crippen molar-refractivity contribution >= 4 is 11.4 Å². The van der Waals surface area contributed by atoms with Gasteiger partial charge in [0.2, 0.25) is 0 Å². The summed E-state index contributed by atoms with van der Waals surface area (Å²) < 4.78 is 13.2. The van der Waals surface area contributed by atoms with Gasteiger partial charge in [-0.1, -0.05) is 11.6 Å². The molecule has 0 saturated heterocycles. The Morgan fingerprint density at radius 3 is 2.79 bits per heavy atom. The van der Waals surface area contributed by atoms with Crippen LogP contribution in [0.15, 0.2) is 29.8 Å². The third-order valence-corrected chi connectivity index (χ3v) is 1.80. The second-order valence-corrected chi connectivity index (χ2v) is 3.40. The van der Waals surface area contributed by atoms with Crippen LogP contribution < -0.4 is 11.1 Å². The predicted octanol–water partition coefficient (Wildman–Crippen LogP) is 2.79. The fraction of sp³-hybridized carbons (Fsp3) is 0.273. The average molecular weight is 194 g/mol. The number of allylic oxidation sites excluding steroid dienone is 1. The van der Waals surface area contributed by atoms with Crippen molar-refractivity contribution in [3.8, 4) is 0 Å². The molecule has 2 nitrogen and oxygen atoms in total. The van der Waals surface area contributed by atoms with Gasteiger partial charge in [-0.25, -0.2) is 4.39 Å². The van der Waals surface area contributed by atoms with Crippen molar-refractivity contribution in [2.45, 2.75) is 13.8 Å². The maximum absolute atomic E-state index is 13.2. The summed E-state index contributed by atoms with van der Waals surface area (Å²) in [6, 6.07) is 4.63. The third kappa shape index (κ3) is 3.09. The van der Waals surface area contributed by atoms with E-state index >= 15 is 0 Å². The lowest BCUT2D eigenvalue weighted by Gasteiger charge is -2.05. The van der Waals surface area contributed by atoms with Crippen LogP contribution in [0.3, 0.4) is 0 Å². The van der Waals surface area contributed by atoms with Crippen molar-refractivity contribution in [3.63, 3.8) is 0 Å². The van der Waals surface area contributed by atoms with E-state index in [-0.39, 0.29) is 5.82 Å². The first kappa shape index (κ1) is 10.6. The van der Waals surface area contributed by atoms with Gasteiger partial charge in [0.25, 0.3) is 0 Å². The van der Waals surface area contributed by atoms with E-state index in [1.165, 1.54) is 11.6 Å². The van der Waals surface area contributed by atoms with Gasteiger partial charge < -0.3 is 11.1 Å². The zero-order valence-corrected chi connectivity index (χ0v) is 8.47.